The molecule has 11 nitrogen and oxygen atoms in total. The van der Waals surface area contributed by atoms with E-state index in [-0.39, 0.29) is 30.9 Å². The summed E-state index contributed by atoms with van der Waals surface area (Å²) >= 11 is 1.19. The van der Waals surface area contributed by atoms with E-state index in [2.05, 4.69) is 15.6 Å². The fraction of sp³-hybridized carbons (Fsp3) is 0.258. The Balaban J connectivity index is 1.16. The van der Waals surface area contributed by atoms with Crippen LogP contribution in [0.2, 0.25) is 0 Å². The van der Waals surface area contributed by atoms with Crippen molar-refractivity contribution in [2.45, 2.75) is 37.6 Å². The molecule has 3 heterocycles. The first kappa shape index (κ1) is 28.3. The number of nitrogens with zero attached hydrogens (tertiary/aromatic N) is 3. The molecule has 3 aromatic rings. The van der Waals surface area contributed by atoms with Crippen LogP contribution in [-0.4, -0.2) is 58.8 Å². The van der Waals surface area contributed by atoms with Gasteiger partial charge in [0.25, 0.3) is 5.91 Å². The second kappa shape index (κ2) is 12.2. The van der Waals surface area contributed by atoms with Gasteiger partial charge >= 0.3 is 0 Å². The highest BCUT2D eigenvalue weighted by atomic mass is 32.2. The normalized spacial score (nSPS) is 16.9. The quantitative estimate of drug-likeness (QED) is 0.376. The number of ether oxygens (including phenoxy) is 3. The Labute approximate surface area is 252 Å². The number of amidine groups is 2. The summed E-state index contributed by atoms with van der Waals surface area (Å²) in [4.78, 5) is 50.7. The summed E-state index contributed by atoms with van der Waals surface area (Å²) in [5.41, 5.74) is 2.81. The Hall–Kier alpha value is -4.84. The van der Waals surface area contributed by atoms with Crippen molar-refractivity contribution in [3.05, 3.63) is 77.9 Å². The Morgan fingerprint density at radius 1 is 1.09 bits per heavy atom. The topological polar surface area (TPSA) is 131 Å². The molecule has 12 heteroatoms. The number of amides is 3. The maximum absolute atomic E-state index is 13.7. The molecule has 0 saturated carbocycles. The van der Waals surface area contributed by atoms with Gasteiger partial charge in [-0.1, -0.05) is 43.0 Å². The number of benzene rings is 3. The Kier molecular flexibility index (Phi) is 8.01. The number of carbonyl (C=O) groups is 3. The molecule has 2 atom stereocenters. The molecule has 3 aliphatic rings. The fourth-order valence-electron chi connectivity index (χ4n) is 4.85. The van der Waals surface area contributed by atoms with Gasteiger partial charge in [0.05, 0.1) is 24.5 Å². The van der Waals surface area contributed by atoms with Crippen molar-refractivity contribution >= 4 is 51.9 Å². The van der Waals surface area contributed by atoms with Crippen LogP contribution in [0.1, 0.15) is 30.9 Å². The molecule has 0 bridgehead atoms. The van der Waals surface area contributed by atoms with E-state index in [1.807, 2.05) is 55.5 Å². The minimum atomic E-state index is -0.912. The monoisotopic (exact) mass is 599 g/mol. The molecule has 43 heavy (non-hydrogen) atoms. The van der Waals surface area contributed by atoms with Crippen LogP contribution in [-0.2, 0) is 20.9 Å². The van der Waals surface area contributed by atoms with Crippen molar-refractivity contribution in [1.82, 2.24) is 10.2 Å². The third-order valence-corrected chi connectivity index (χ3v) is 8.44. The van der Waals surface area contributed by atoms with Gasteiger partial charge in [-0.05, 0) is 48.4 Å². The van der Waals surface area contributed by atoms with Gasteiger partial charge in [-0.3, -0.25) is 19.4 Å². The Morgan fingerprint density at radius 2 is 1.88 bits per heavy atom. The molecule has 0 spiro atoms. The molecule has 220 valence electrons. The van der Waals surface area contributed by atoms with Crippen molar-refractivity contribution in [1.29, 1.82) is 0 Å². The molecule has 2 N–H and O–H groups in total. The standard InChI is InChI=1S/C31H29N5O6S/c1-3-26(29(38)33-19-10-13-24-25(14-19)42-17-41-24)43-31-35-22-7-5-4-6-21(22)28-34-23(30(39)36(28)31)15-27(37)32-16-18-8-11-20(40-2)12-9-18/h4-14,23,26H,3,15-17H2,1-2H3,(H,32,37)(H,33,38)/t23-,26+/m1/s1. The van der Waals surface area contributed by atoms with Crippen LogP contribution in [0.4, 0.5) is 11.4 Å². The SMILES string of the molecule is CC[C@H](SC1=Nc2ccccc2C2=N[C@H](CC(=O)NCc3ccc(OC)cc3)C(=O)N12)C(=O)Nc1ccc2c(c1)OCO2. The summed E-state index contributed by atoms with van der Waals surface area (Å²) in [5.74, 6) is 1.44. The predicted molar refractivity (Wildman–Crippen MR) is 163 cm³/mol. The van der Waals surface area contributed by atoms with Gasteiger partial charge in [0.2, 0.25) is 18.6 Å². The second-order valence-corrected chi connectivity index (χ2v) is 11.1. The molecule has 0 fully saturated rings. The van der Waals surface area contributed by atoms with Crippen molar-refractivity contribution < 1.29 is 28.6 Å². The third kappa shape index (κ3) is 5.91. The molecular weight excluding hydrogens is 570 g/mol. The zero-order valence-corrected chi connectivity index (χ0v) is 24.3. The lowest BCUT2D eigenvalue weighted by molar-refractivity contribution is -0.128. The number of nitrogens with one attached hydrogen (secondary N) is 2. The van der Waals surface area contributed by atoms with Crippen LogP contribution < -0.4 is 24.8 Å². The Morgan fingerprint density at radius 3 is 2.67 bits per heavy atom. The molecule has 3 amide bonds. The molecule has 0 unspecified atom stereocenters. The number of fused-ring (bicyclic) bond motifs is 4. The van der Waals surface area contributed by atoms with Gasteiger partial charge in [0.15, 0.2) is 16.7 Å². The molecule has 0 aromatic heterocycles. The first-order chi connectivity index (χ1) is 20.9. The van der Waals surface area contributed by atoms with Gasteiger partial charge in [0.1, 0.15) is 17.6 Å². The van der Waals surface area contributed by atoms with E-state index in [1.54, 1.807) is 25.3 Å². The van der Waals surface area contributed by atoms with Gasteiger partial charge < -0.3 is 24.8 Å². The second-order valence-electron chi connectivity index (χ2n) is 9.95. The summed E-state index contributed by atoms with van der Waals surface area (Å²) in [6.07, 6.45) is 0.365. The number of carbonyl (C=O) groups excluding carboxylic acids is 3. The van der Waals surface area contributed by atoms with Gasteiger partial charge in [0, 0.05) is 23.9 Å². The average Bonchev–Trinajstić information content (AvgIpc) is 3.63. The molecular formula is C31H29N5O6S. The van der Waals surface area contributed by atoms with Crippen molar-refractivity contribution in [2.24, 2.45) is 9.98 Å². The number of hydrogen-bond donors (Lipinski definition) is 2. The molecule has 0 radical (unpaired) electrons. The number of para-hydroxylation sites is 1. The number of thioether (sulfide) groups is 1. The third-order valence-electron chi connectivity index (χ3n) is 7.13. The number of aliphatic imine (C=N–C) groups is 2. The highest BCUT2D eigenvalue weighted by Crippen LogP contribution is 2.37. The molecule has 3 aliphatic heterocycles. The summed E-state index contributed by atoms with van der Waals surface area (Å²) in [6, 6.07) is 19.0. The number of hydrogen-bond acceptors (Lipinski definition) is 9. The first-order valence-electron chi connectivity index (χ1n) is 13.8. The lowest BCUT2D eigenvalue weighted by Crippen LogP contribution is -2.43. The lowest BCUT2D eigenvalue weighted by Gasteiger charge is -2.27. The lowest BCUT2D eigenvalue weighted by atomic mass is 10.1. The van der Waals surface area contributed by atoms with E-state index in [9.17, 15) is 14.4 Å². The zero-order valence-electron chi connectivity index (χ0n) is 23.5. The molecule has 3 aromatic carbocycles. The highest BCUT2D eigenvalue weighted by Gasteiger charge is 2.43. The van der Waals surface area contributed by atoms with Crippen LogP contribution in [0.25, 0.3) is 0 Å². The minimum Gasteiger partial charge on any atom is -0.497 e. The summed E-state index contributed by atoms with van der Waals surface area (Å²) < 4.78 is 15.9. The van der Waals surface area contributed by atoms with Gasteiger partial charge in [-0.15, -0.1) is 0 Å². The smallest absolute Gasteiger partial charge is 0.259 e. The van der Waals surface area contributed by atoms with Crippen molar-refractivity contribution in [3.8, 4) is 17.2 Å². The number of methoxy groups -OCH3 is 1. The van der Waals surface area contributed by atoms with Crippen LogP contribution in [0.5, 0.6) is 17.2 Å². The van der Waals surface area contributed by atoms with Crippen molar-refractivity contribution in [3.63, 3.8) is 0 Å². The predicted octanol–water partition coefficient (Wildman–Crippen LogP) is 4.24. The average molecular weight is 600 g/mol. The van der Waals surface area contributed by atoms with Crippen molar-refractivity contribution in [2.75, 3.05) is 19.2 Å². The summed E-state index contributed by atoms with van der Waals surface area (Å²) in [6.45, 7) is 2.34. The zero-order chi connectivity index (χ0) is 29.9. The van der Waals surface area contributed by atoms with Crippen LogP contribution in [0, 0.1) is 0 Å². The maximum atomic E-state index is 13.7. The van der Waals surface area contributed by atoms with E-state index in [0.29, 0.717) is 52.4 Å². The van der Waals surface area contributed by atoms with E-state index >= 15 is 0 Å². The highest BCUT2D eigenvalue weighted by molar-refractivity contribution is 8.15. The Bertz CT molecular complexity index is 1640. The minimum absolute atomic E-state index is 0.114. The maximum Gasteiger partial charge on any atom is 0.259 e. The number of anilines is 1. The largest absolute Gasteiger partial charge is 0.497 e. The van der Waals surface area contributed by atoms with Crippen LogP contribution in [0.3, 0.4) is 0 Å². The van der Waals surface area contributed by atoms with Crippen LogP contribution >= 0.6 is 11.8 Å². The summed E-state index contributed by atoms with van der Waals surface area (Å²) in [5, 5.41) is 5.58. The van der Waals surface area contributed by atoms with E-state index in [4.69, 9.17) is 19.2 Å². The number of rotatable bonds is 9. The van der Waals surface area contributed by atoms with E-state index < -0.39 is 11.3 Å². The van der Waals surface area contributed by atoms with Gasteiger partial charge in [-0.2, -0.15) is 0 Å². The van der Waals surface area contributed by atoms with Gasteiger partial charge in [-0.25, -0.2) is 9.89 Å². The summed E-state index contributed by atoms with van der Waals surface area (Å²) in [7, 11) is 1.59. The first-order valence-corrected chi connectivity index (χ1v) is 14.7. The molecule has 0 saturated heterocycles. The molecule has 0 aliphatic carbocycles. The van der Waals surface area contributed by atoms with E-state index in [1.165, 1.54) is 16.7 Å². The van der Waals surface area contributed by atoms with E-state index in [0.717, 1.165) is 11.3 Å². The fourth-order valence-corrected chi connectivity index (χ4v) is 5.87. The molecule has 6 rings (SSSR count). The van der Waals surface area contributed by atoms with Crippen LogP contribution in [0.15, 0.2) is 76.7 Å².